The van der Waals surface area contributed by atoms with Crippen LogP contribution in [0.1, 0.15) is 26.2 Å². The number of carbonyl (C=O) groups excluding carboxylic acids is 1. The fraction of sp³-hybridized carbons (Fsp3) is 0.286. The third kappa shape index (κ3) is 8.76. The lowest BCUT2D eigenvalue weighted by Gasteiger charge is -2.30. The second kappa shape index (κ2) is 11.7. The molecular formula is C21H24Cl2O2. The van der Waals surface area contributed by atoms with Gasteiger partial charge in [0.05, 0.1) is 12.0 Å². The first kappa shape index (κ1) is 21.3. The number of hydrogen-bond acceptors (Lipinski definition) is 2. The highest BCUT2D eigenvalue weighted by molar-refractivity contribution is 6.30. The van der Waals surface area contributed by atoms with E-state index in [-0.39, 0.29) is 11.4 Å². The average molecular weight is 379 g/mol. The van der Waals surface area contributed by atoms with Gasteiger partial charge in [-0.3, -0.25) is 4.79 Å². The highest BCUT2D eigenvalue weighted by Gasteiger charge is 2.35. The van der Waals surface area contributed by atoms with Gasteiger partial charge in [0.15, 0.2) is 0 Å². The van der Waals surface area contributed by atoms with Crippen molar-refractivity contribution in [2.75, 3.05) is 6.61 Å². The molecule has 2 aromatic carbocycles. The second-order valence-corrected chi connectivity index (χ2v) is 6.76. The van der Waals surface area contributed by atoms with Gasteiger partial charge in [0.25, 0.3) is 0 Å². The number of cyclic esters (lactones) is 1. The number of allylic oxidation sites excluding steroid dienone is 1. The van der Waals surface area contributed by atoms with E-state index in [0.717, 1.165) is 29.3 Å². The van der Waals surface area contributed by atoms with Crippen LogP contribution in [-0.4, -0.2) is 12.6 Å². The van der Waals surface area contributed by atoms with Gasteiger partial charge in [-0.2, -0.15) is 0 Å². The second-order valence-electron chi connectivity index (χ2n) is 5.88. The van der Waals surface area contributed by atoms with Crippen molar-refractivity contribution in [3.05, 3.63) is 83.4 Å². The van der Waals surface area contributed by atoms with Crippen LogP contribution < -0.4 is 0 Å². The SMILES string of the molecule is C=CC[C@@]1(C)CCCOC1=O.Clc1ccccc1.Clc1ccccc1. The Labute approximate surface area is 160 Å². The van der Waals surface area contributed by atoms with Crippen LogP contribution in [0.2, 0.25) is 10.0 Å². The molecule has 0 saturated carbocycles. The van der Waals surface area contributed by atoms with Crippen molar-refractivity contribution in [2.24, 2.45) is 5.41 Å². The highest BCUT2D eigenvalue weighted by atomic mass is 35.5. The van der Waals surface area contributed by atoms with Crippen LogP contribution in [0.15, 0.2) is 73.3 Å². The van der Waals surface area contributed by atoms with Crippen LogP contribution in [0.25, 0.3) is 0 Å². The Bertz CT molecular complexity index is 591. The molecule has 0 aliphatic carbocycles. The molecule has 0 aromatic heterocycles. The molecule has 0 amide bonds. The molecule has 2 nitrogen and oxygen atoms in total. The molecule has 1 aliphatic heterocycles. The van der Waals surface area contributed by atoms with E-state index in [2.05, 4.69) is 6.58 Å². The first-order chi connectivity index (χ1) is 12.0. The van der Waals surface area contributed by atoms with E-state index < -0.39 is 0 Å². The lowest BCUT2D eigenvalue weighted by Crippen LogP contribution is -2.34. The van der Waals surface area contributed by atoms with Gasteiger partial charge in [-0.1, -0.05) is 65.7 Å². The normalized spacial score (nSPS) is 18.6. The quantitative estimate of drug-likeness (QED) is 0.435. The summed E-state index contributed by atoms with van der Waals surface area (Å²) < 4.78 is 4.96. The fourth-order valence-electron chi connectivity index (χ4n) is 2.24. The summed E-state index contributed by atoms with van der Waals surface area (Å²) in [6.45, 7) is 6.16. The Balaban J connectivity index is 0.000000195. The molecule has 1 saturated heterocycles. The fourth-order valence-corrected chi connectivity index (χ4v) is 2.53. The van der Waals surface area contributed by atoms with E-state index in [0.29, 0.717) is 6.61 Å². The van der Waals surface area contributed by atoms with Crippen molar-refractivity contribution in [2.45, 2.75) is 26.2 Å². The Morgan fingerprint density at radius 2 is 1.52 bits per heavy atom. The van der Waals surface area contributed by atoms with E-state index in [9.17, 15) is 4.79 Å². The molecule has 3 rings (SSSR count). The maximum absolute atomic E-state index is 11.2. The molecule has 0 radical (unpaired) electrons. The van der Waals surface area contributed by atoms with Crippen molar-refractivity contribution in [3.8, 4) is 0 Å². The van der Waals surface area contributed by atoms with Crippen molar-refractivity contribution in [3.63, 3.8) is 0 Å². The molecule has 4 heteroatoms. The molecular weight excluding hydrogens is 355 g/mol. The summed E-state index contributed by atoms with van der Waals surface area (Å²) in [7, 11) is 0. The van der Waals surface area contributed by atoms with Crippen LogP contribution in [0.5, 0.6) is 0 Å². The molecule has 25 heavy (non-hydrogen) atoms. The molecule has 0 bridgehead atoms. The first-order valence-corrected chi connectivity index (χ1v) is 8.93. The minimum Gasteiger partial charge on any atom is -0.465 e. The number of carbonyl (C=O) groups is 1. The van der Waals surface area contributed by atoms with Crippen molar-refractivity contribution in [1.82, 2.24) is 0 Å². The Kier molecular flexibility index (Phi) is 9.98. The third-order valence-corrected chi connectivity index (χ3v) is 4.16. The number of halogens is 2. The summed E-state index contributed by atoms with van der Waals surface area (Å²) in [5, 5.41) is 1.59. The van der Waals surface area contributed by atoms with E-state index in [1.165, 1.54) is 0 Å². The summed E-state index contributed by atoms with van der Waals surface area (Å²) in [6, 6.07) is 18.9. The molecule has 1 heterocycles. The number of esters is 1. The predicted molar refractivity (Wildman–Crippen MR) is 106 cm³/mol. The van der Waals surface area contributed by atoms with Gasteiger partial charge in [0, 0.05) is 10.0 Å². The zero-order chi connectivity index (χ0) is 18.5. The molecule has 0 unspecified atom stereocenters. The van der Waals surface area contributed by atoms with Gasteiger partial charge in [0.2, 0.25) is 0 Å². The van der Waals surface area contributed by atoms with Gasteiger partial charge in [0.1, 0.15) is 0 Å². The largest absolute Gasteiger partial charge is 0.465 e. The maximum atomic E-state index is 11.2. The lowest BCUT2D eigenvalue weighted by atomic mass is 9.81. The maximum Gasteiger partial charge on any atom is 0.312 e. The van der Waals surface area contributed by atoms with Crippen molar-refractivity contribution in [1.29, 1.82) is 0 Å². The van der Waals surface area contributed by atoms with Gasteiger partial charge in [-0.15, -0.1) is 6.58 Å². The zero-order valence-electron chi connectivity index (χ0n) is 14.5. The summed E-state index contributed by atoms with van der Waals surface area (Å²) >= 11 is 11.1. The number of rotatable bonds is 2. The Morgan fingerprint density at radius 1 is 1.04 bits per heavy atom. The van der Waals surface area contributed by atoms with Crippen molar-refractivity contribution < 1.29 is 9.53 Å². The van der Waals surface area contributed by atoms with E-state index in [4.69, 9.17) is 27.9 Å². The topological polar surface area (TPSA) is 26.3 Å². The molecule has 0 N–H and O–H groups in total. The lowest BCUT2D eigenvalue weighted by molar-refractivity contribution is -0.160. The van der Waals surface area contributed by atoms with Gasteiger partial charge in [-0.05, 0) is 50.5 Å². The number of hydrogen-bond donors (Lipinski definition) is 0. The van der Waals surface area contributed by atoms with Gasteiger partial charge in [-0.25, -0.2) is 0 Å². The van der Waals surface area contributed by atoms with Crippen LogP contribution in [0.4, 0.5) is 0 Å². The van der Waals surface area contributed by atoms with Crippen LogP contribution in [0.3, 0.4) is 0 Å². The van der Waals surface area contributed by atoms with E-state index in [1.54, 1.807) is 6.08 Å². The molecule has 1 fully saturated rings. The third-order valence-electron chi connectivity index (χ3n) is 3.66. The number of ether oxygens (including phenoxy) is 1. The van der Waals surface area contributed by atoms with Crippen LogP contribution in [-0.2, 0) is 9.53 Å². The van der Waals surface area contributed by atoms with E-state index >= 15 is 0 Å². The Morgan fingerprint density at radius 3 is 1.84 bits per heavy atom. The molecule has 2 aromatic rings. The van der Waals surface area contributed by atoms with E-state index in [1.807, 2.05) is 67.6 Å². The molecule has 0 spiro atoms. The van der Waals surface area contributed by atoms with Crippen LogP contribution in [0, 0.1) is 5.41 Å². The summed E-state index contributed by atoms with van der Waals surface area (Å²) in [6.07, 6.45) is 4.42. The molecule has 1 aliphatic rings. The standard InChI is InChI=1S/C9H14O2.2C6H5Cl/c1-3-5-9(2)6-4-7-11-8(9)10;2*7-6-4-2-1-3-5-6/h3H,1,4-7H2,2H3;2*1-5H/t9-;;/m0../s1. The molecule has 1 atom stereocenters. The Hall–Kier alpha value is -1.77. The van der Waals surface area contributed by atoms with Crippen LogP contribution >= 0.6 is 23.2 Å². The molecule has 134 valence electrons. The average Bonchev–Trinajstić information content (AvgIpc) is 2.61. The minimum absolute atomic E-state index is 0.0661. The van der Waals surface area contributed by atoms with Gasteiger partial charge < -0.3 is 4.74 Å². The first-order valence-electron chi connectivity index (χ1n) is 8.17. The summed E-state index contributed by atoms with van der Waals surface area (Å²) in [4.78, 5) is 11.2. The highest BCUT2D eigenvalue weighted by Crippen LogP contribution is 2.32. The van der Waals surface area contributed by atoms with Crippen molar-refractivity contribution >= 4 is 29.2 Å². The predicted octanol–water partition coefficient (Wildman–Crippen LogP) is 6.59. The summed E-state index contributed by atoms with van der Waals surface area (Å²) in [5.74, 6) is -0.0661. The smallest absolute Gasteiger partial charge is 0.312 e. The number of benzene rings is 2. The van der Waals surface area contributed by atoms with Gasteiger partial charge >= 0.3 is 5.97 Å². The minimum atomic E-state index is -0.292. The zero-order valence-corrected chi connectivity index (χ0v) is 16.0. The summed E-state index contributed by atoms with van der Waals surface area (Å²) in [5.41, 5.74) is -0.292. The monoisotopic (exact) mass is 378 g/mol.